The Morgan fingerprint density at radius 1 is 0.458 bits per heavy atom. The van der Waals surface area contributed by atoms with Crippen LogP contribution in [-0.2, 0) is 0 Å². The molecule has 0 unspecified atom stereocenters. The highest BCUT2D eigenvalue weighted by Gasteiger charge is 2.04. The van der Waals surface area contributed by atoms with E-state index in [0.29, 0.717) is 21.9 Å². The van der Waals surface area contributed by atoms with E-state index in [0.717, 1.165) is 0 Å². The molecule has 0 fully saturated rings. The summed E-state index contributed by atoms with van der Waals surface area (Å²) in [6.07, 6.45) is 0. The lowest BCUT2D eigenvalue weighted by Gasteiger charge is -1.97. The topological polar surface area (TPSA) is 86.7 Å². The van der Waals surface area contributed by atoms with Gasteiger partial charge in [-0.15, -0.1) is 0 Å². The van der Waals surface area contributed by atoms with Gasteiger partial charge in [0.2, 0.25) is 0 Å². The maximum Gasteiger partial charge on any atom is 0.387 e. The van der Waals surface area contributed by atoms with Crippen LogP contribution in [0, 0.1) is 0 Å². The summed E-state index contributed by atoms with van der Waals surface area (Å²) in [6, 6.07) is 16.3. The van der Waals surface area contributed by atoms with Crippen LogP contribution in [0.1, 0.15) is 0 Å². The molecule has 0 aliphatic heterocycles. The molecule has 1 aromatic heterocycles. The van der Waals surface area contributed by atoms with Gasteiger partial charge in [0.25, 0.3) is 0 Å². The Morgan fingerprint density at radius 2 is 0.875 bits per heavy atom. The normalized spacial score (nSPS) is 10.8. The van der Waals surface area contributed by atoms with E-state index in [9.17, 15) is 9.59 Å². The van der Waals surface area contributed by atoms with Gasteiger partial charge in [0.05, 0.1) is 10.8 Å². The summed E-state index contributed by atoms with van der Waals surface area (Å²) in [7, 11) is 0. The van der Waals surface area contributed by atoms with Gasteiger partial charge >= 0.3 is 11.3 Å². The van der Waals surface area contributed by atoms with Gasteiger partial charge in [-0.05, 0) is 24.3 Å². The third-order valence-electron chi connectivity index (χ3n) is 3.62. The Bertz CT molecular complexity index is 1150. The Labute approximate surface area is 133 Å². The monoisotopic (exact) mass is 322 g/mol. The van der Waals surface area contributed by atoms with E-state index in [2.05, 4.69) is 0 Å². The molecule has 6 nitrogen and oxygen atoms in total. The van der Waals surface area contributed by atoms with Gasteiger partial charge in [0.1, 0.15) is 0 Å². The molecule has 118 valence electrons. The van der Waals surface area contributed by atoms with Crippen molar-refractivity contribution in [1.82, 2.24) is 0 Å². The van der Waals surface area contributed by atoms with Crippen molar-refractivity contribution >= 4 is 32.7 Å². The Hall–Kier alpha value is -3.54. The van der Waals surface area contributed by atoms with E-state index in [4.69, 9.17) is 18.3 Å². The summed E-state index contributed by atoms with van der Waals surface area (Å²) in [5.74, 6) is 0. The molecule has 0 saturated carbocycles. The highest BCUT2D eigenvalue weighted by Crippen LogP contribution is 2.23. The van der Waals surface area contributed by atoms with Crippen LogP contribution in [0.3, 0.4) is 0 Å². The molecule has 0 amide bonds. The fourth-order valence-corrected chi connectivity index (χ4v) is 2.49. The SMILES string of the molecule is O=c1ooc2cccc3c(cccc23)ooc(=O)c2ccccc12. The largest absolute Gasteiger partial charge is 0.387 e. The molecular formula is C18H10O6. The van der Waals surface area contributed by atoms with Gasteiger partial charge in [-0.2, -0.15) is 0 Å². The van der Waals surface area contributed by atoms with E-state index >= 15 is 0 Å². The molecule has 0 N–H and O–H groups in total. The average molecular weight is 322 g/mol. The first-order valence-electron chi connectivity index (χ1n) is 7.12. The summed E-state index contributed by atoms with van der Waals surface area (Å²) in [5.41, 5.74) is -0.932. The second-order valence-corrected chi connectivity index (χ2v) is 5.06. The van der Waals surface area contributed by atoms with Crippen molar-refractivity contribution in [1.29, 1.82) is 0 Å². The minimum atomic E-state index is -0.809. The Morgan fingerprint density at radius 3 is 1.33 bits per heavy atom. The van der Waals surface area contributed by atoms with E-state index in [1.54, 1.807) is 48.5 Å². The quantitative estimate of drug-likeness (QED) is 0.456. The predicted molar refractivity (Wildman–Crippen MR) is 87.0 cm³/mol. The smallest absolute Gasteiger partial charge is 0.286 e. The fourth-order valence-electron chi connectivity index (χ4n) is 2.49. The average Bonchev–Trinajstić information content (AvgIpc) is 2.63. The van der Waals surface area contributed by atoms with E-state index in [1.165, 1.54) is 12.1 Å². The van der Waals surface area contributed by atoms with Crippen LogP contribution in [0.25, 0.3) is 32.7 Å². The first-order chi connectivity index (χ1) is 11.7. The fraction of sp³-hybridized carbons (Fsp3) is 0. The Balaban J connectivity index is 2.33. The number of hydrogen-bond donors (Lipinski definition) is 0. The molecule has 1 heterocycles. The third kappa shape index (κ3) is 2.30. The van der Waals surface area contributed by atoms with Crippen LogP contribution in [0.4, 0.5) is 0 Å². The minimum Gasteiger partial charge on any atom is -0.286 e. The molecular weight excluding hydrogens is 312 g/mol. The summed E-state index contributed by atoms with van der Waals surface area (Å²) < 4.78 is 20.2. The highest BCUT2D eigenvalue weighted by atomic mass is 17.0. The Kier molecular flexibility index (Phi) is 3.28. The molecule has 3 aromatic carbocycles. The second kappa shape index (κ2) is 5.58. The molecule has 0 aliphatic carbocycles. The molecule has 0 radical (unpaired) electrons. The van der Waals surface area contributed by atoms with E-state index in [-0.39, 0.29) is 10.8 Å². The van der Waals surface area contributed by atoms with Crippen molar-refractivity contribution in [2.45, 2.75) is 0 Å². The molecule has 0 spiro atoms. The number of hydrogen-bond acceptors (Lipinski definition) is 6. The van der Waals surface area contributed by atoms with Crippen LogP contribution >= 0.6 is 0 Å². The molecule has 24 heavy (non-hydrogen) atoms. The molecule has 0 atom stereocenters. The van der Waals surface area contributed by atoms with Crippen molar-refractivity contribution in [3.8, 4) is 0 Å². The van der Waals surface area contributed by atoms with Gasteiger partial charge in [-0.25, -0.2) is 18.7 Å². The van der Waals surface area contributed by atoms with Gasteiger partial charge in [0.15, 0.2) is 11.2 Å². The third-order valence-corrected chi connectivity index (χ3v) is 3.62. The van der Waals surface area contributed by atoms with Gasteiger partial charge in [-0.1, -0.05) is 36.4 Å². The van der Waals surface area contributed by atoms with Gasteiger partial charge < -0.3 is 0 Å². The zero-order valence-corrected chi connectivity index (χ0v) is 12.2. The van der Waals surface area contributed by atoms with Crippen molar-refractivity contribution in [3.63, 3.8) is 0 Å². The van der Waals surface area contributed by atoms with Crippen LogP contribution in [0.2, 0.25) is 0 Å². The van der Waals surface area contributed by atoms with E-state index in [1.807, 2.05) is 0 Å². The first kappa shape index (κ1) is 14.1. The zero-order chi connectivity index (χ0) is 16.5. The highest BCUT2D eigenvalue weighted by molar-refractivity contribution is 6.02. The summed E-state index contributed by atoms with van der Waals surface area (Å²) >= 11 is 0. The predicted octanol–water partition coefficient (Wildman–Crippen LogP) is 3.93. The maximum absolute atomic E-state index is 12.2. The van der Waals surface area contributed by atoms with E-state index < -0.39 is 11.3 Å². The molecule has 4 aromatic rings. The lowest BCUT2D eigenvalue weighted by Crippen LogP contribution is -2.02. The number of rotatable bonds is 0. The van der Waals surface area contributed by atoms with Crippen LogP contribution in [-0.4, -0.2) is 0 Å². The molecule has 4 rings (SSSR count). The lowest BCUT2D eigenvalue weighted by atomic mass is 10.1. The number of benzene rings is 3. The lowest BCUT2D eigenvalue weighted by molar-refractivity contribution is 0.0541. The van der Waals surface area contributed by atoms with Crippen molar-refractivity contribution in [2.75, 3.05) is 0 Å². The second-order valence-electron chi connectivity index (χ2n) is 5.06. The first-order valence-corrected chi connectivity index (χ1v) is 7.12. The van der Waals surface area contributed by atoms with Crippen molar-refractivity contribution in [3.05, 3.63) is 81.5 Å². The molecule has 6 heteroatoms. The standard InChI is InChI=1S/C18H10O6/c19-17-13-5-1-2-6-14(13)18(20)24-22-16-10-4-7-11-12(16)8-3-9-15(11)21-23-17/h1-10H. The minimum absolute atomic E-state index is 0.0162. The molecule has 4 bridgehead atoms. The number of fused-ring (bicyclic) bond motifs is 1. The summed E-state index contributed by atoms with van der Waals surface area (Å²) in [4.78, 5) is 24.4. The van der Waals surface area contributed by atoms with Gasteiger partial charge in [0, 0.05) is 10.8 Å². The molecule has 0 aliphatic rings. The van der Waals surface area contributed by atoms with Crippen molar-refractivity contribution in [2.24, 2.45) is 0 Å². The van der Waals surface area contributed by atoms with Crippen LogP contribution in [0.15, 0.2) is 88.6 Å². The summed E-state index contributed by atoms with van der Waals surface area (Å²) in [5, 5.41) is 1.32. The van der Waals surface area contributed by atoms with Crippen LogP contribution < -0.4 is 11.3 Å². The molecule has 0 saturated heterocycles. The van der Waals surface area contributed by atoms with Crippen LogP contribution in [0.5, 0.6) is 0 Å². The maximum atomic E-state index is 12.2. The summed E-state index contributed by atoms with van der Waals surface area (Å²) in [6.45, 7) is 0. The van der Waals surface area contributed by atoms with Crippen molar-refractivity contribution < 1.29 is 18.3 Å². The van der Waals surface area contributed by atoms with Gasteiger partial charge in [-0.3, -0.25) is 9.15 Å². The zero-order valence-electron chi connectivity index (χ0n) is 12.2.